The number of thioether (sulfide) groups is 1. The van der Waals surface area contributed by atoms with E-state index in [4.69, 9.17) is 0 Å². The first kappa shape index (κ1) is 13.3. The molecule has 88 valence electrons. The van der Waals surface area contributed by atoms with E-state index >= 15 is 0 Å². The second-order valence-corrected chi connectivity index (χ2v) is 11.1. The van der Waals surface area contributed by atoms with Gasteiger partial charge in [-0.05, 0) is 23.9 Å². The Morgan fingerprint density at radius 3 is 2.00 bits per heavy atom. The van der Waals surface area contributed by atoms with Crippen LogP contribution in [0.5, 0.6) is 0 Å². The van der Waals surface area contributed by atoms with Crippen LogP contribution in [0.15, 0.2) is 29.2 Å². The maximum absolute atomic E-state index is 11.5. The van der Waals surface area contributed by atoms with Crippen molar-refractivity contribution in [3.63, 3.8) is 0 Å². The molecule has 0 spiro atoms. The zero-order valence-corrected chi connectivity index (χ0v) is 12.4. The lowest BCUT2D eigenvalue weighted by atomic mass is 10.4. The largest absolute Gasteiger partial charge is 0.339 e. The van der Waals surface area contributed by atoms with Crippen LogP contribution in [0.25, 0.3) is 0 Å². The van der Waals surface area contributed by atoms with Crippen LogP contribution in [0.2, 0.25) is 19.6 Å². The first-order valence-electron chi connectivity index (χ1n) is 5.30. The average molecular weight is 253 g/mol. The van der Waals surface area contributed by atoms with Crippen molar-refractivity contribution in [2.24, 2.45) is 0 Å². The van der Waals surface area contributed by atoms with Gasteiger partial charge in [-0.2, -0.15) is 0 Å². The van der Waals surface area contributed by atoms with Crippen molar-refractivity contribution in [1.82, 2.24) is 4.90 Å². The van der Waals surface area contributed by atoms with Crippen LogP contribution in [-0.2, 0) is 0 Å². The third-order valence-corrected chi connectivity index (χ3v) is 5.40. The van der Waals surface area contributed by atoms with Gasteiger partial charge in [-0.3, -0.25) is 4.79 Å². The second-order valence-electron chi connectivity index (χ2n) is 5.04. The Morgan fingerprint density at radius 2 is 1.62 bits per heavy atom. The minimum atomic E-state index is -1.22. The van der Waals surface area contributed by atoms with Crippen LogP contribution < -0.4 is 5.19 Å². The molecule has 1 rings (SSSR count). The Morgan fingerprint density at radius 1 is 1.12 bits per heavy atom. The van der Waals surface area contributed by atoms with Crippen molar-refractivity contribution in [2.45, 2.75) is 24.5 Å². The highest BCUT2D eigenvalue weighted by molar-refractivity contribution is 8.13. The first-order valence-corrected chi connectivity index (χ1v) is 9.62. The number of benzene rings is 1. The lowest BCUT2D eigenvalue weighted by molar-refractivity contribution is 0.241. The molecule has 4 heteroatoms. The number of amides is 1. The molecule has 0 aromatic heterocycles. The molecule has 1 aromatic carbocycles. The topological polar surface area (TPSA) is 20.3 Å². The molecule has 0 radical (unpaired) electrons. The van der Waals surface area contributed by atoms with Crippen LogP contribution in [0, 0.1) is 0 Å². The fourth-order valence-electron chi connectivity index (χ4n) is 1.22. The maximum Gasteiger partial charge on any atom is 0.285 e. The first-order chi connectivity index (χ1) is 7.30. The molecular formula is C12H19NOSSi. The summed E-state index contributed by atoms with van der Waals surface area (Å²) in [7, 11) is 2.32. The summed E-state index contributed by atoms with van der Waals surface area (Å²) in [6, 6.07) is 8.38. The summed E-state index contributed by atoms with van der Waals surface area (Å²) >= 11 is 1.27. The van der Waals surface area contributed by atoms with E-state index in [2.05, 4.69) is 31.8 Å². The molecule has 1 aromatic rings. The van der Waals surface area contributed by atoms with Gasteiger partial charge in [-0.15, -0.1) is 0 Å². The van der Waals surface area contributed by atoms with Gasteiger partial charge in [0.25, 0.3) is 5.24 Å². The molecule has 0 aliphatic heterocycles. The van der Waals surface area contributed by atoms with Crippen molar-refractivity contribution < 1.29 is 4.79 Å². The fraction of sp³-hybridized carbons (Fsp3) is 0.417. The fourth-order valence-corrected chi connectivity index (χ4v) is 3.04. The zero-order valence-electron chi connectivity index (χ0n) is 10.6. The third kappa shape index (κ3) is 3.68. The standard InChI is InChI=1S/C12H19NOSSi/c1-13(2)12(14)15-10-6-8-11(9-7-10)16(3,4)5/h6-9H,1-5H3. The highest BCUT2D eigenvalue weighted by atomic mass is 32.2. The van der Waals surface area contributed by atoms with Gasteiger partial charge in [0, 0.05) is 19.0 Å². The van der Waals surface area contributed by atoms with Crippen LogP contribution in [0.3, 0.4) is 0 Å². The highest BCUT2D eigenvalue weighted by Crippen LogP contribution is 2.19. The lowest BCUT2D eigenvalue weighted by Gasteiger charge is -2.16. The number of carbonyl (C=O) groups is 1. The Hall–Kier alpha value is -0.743. The van der Waals surface area contributed by atoms with E-state index < -0.39 is 8.07 Å². The second kappa shape index (κ2) is 5.06. The predicted molar refractivity (Wildman–Crippen MR) is 74.4 cm³/mol. The number of carbonyl (C=O) groups excluding carboxylic acids is 1. The smallest absolute Gasteiger partial charge is 0.285 e. The molecule has 0 saturated heterocycles. The van der Waals surface area contributed by atoms with Crippen molar-refractivity contribution in [1.29, 1.82) is 0 Å². The lowest BCUT2D eigenvalue weighted by Crippen LogP contribution is -2.37. The SMILES string of the molecule is CN(C)C(=O)Sc1ccc([Si](C)(C)C)cc1. The molecular weight excluding hydrogens is 234 g/mol. The van der Waals surface area contributed by atoms with Gasteiger partial charge in [0.1, 0.15) is 0 Å². The van der Waals surface area contributed by atoms with Crippen LogP contribution >= 0.6 is 11.8 Å². The maximum atomic E-state index is 11.5. The molecule has 0 aliphatic carbocycles. The van der Waals surface area contributed by atoms with Gasteiger partial charge in [-0.25, -0.2) is 0 Å². The monoisotopic (exact) mass is 253 g/mol. The minimum absolute atomic E-state index is 0.0701. The molecule has 0 heterocycles. The van der Waals surface area contributed by atoms with E-state index in [-0.39, 0.29) is 5.24 Å². The van der Waals surface area contributed by atoms with Crippen molar-refractivity contribution in [2.75, 3.05) is 14.1 Å². The van der Waals surface area contributed by atoms with E-state index in [0.29, 0.717) is 0 Å². The van der Waals surface area contributed by atoms with Gasteiger partial charge >= 0.3 is 0 Å². The molecule has 0 atom stereocenters. The van der Waals surface area contributed by atoms with Crippen molar-refractivity contribution >= 4 is 30.3 Å². The van der Waals surface area contributed by atoms with Gasteiger partial charge in [0.15, 0.2) is 0 Å². The molecule has 0 N–H and O–H groups in total. The van der Waals surface area contributed by atoms with E-state index in [1.165, 1.54) is 16.9 Å². The molecule has 2 nitrogen and oxygen atoms in total. The summed E-state index contributed by atoms with van der Waals surface area (Å²) in [5, 5.41) is 1.50. The number of nitrogens with zero attached hydrogens (tertiary/aromatic N) is 1. The van der Waals surface area contributed by atoms with Crippen LogP contribution in [-0.4, -0.2) is 32.3 Å². The van der Waals surface area contributed by atoms with E-state index in [1.54, 1.807) is 19.0 Å². The summed E-state index contributed by atoms with van der Waals surface area (Å²) in [5.41, 5.74) is 0. The quantitative estimate of drug-likeness (QED) is 0.596. The Balaban J connectivity index is 2.76. The average Bonchev–Trinajstić information content (AvgIpc) is 2.17. The van der Waals surface area contributed by atoms with Crippen LogP contribution in [0.4, 0.5) is 4.79 Å². The van der Waals surface area contributed by atoms with E-state index in [0.717, 1.165) is 4.90 Å². The Labute approximate surface area is 103 Å². The van der Waals surface area contributed by atoms with Gasteiger partial charge in [-0.1, -0.05) is 37.0 Å². The molecule has 16 heavy (non-hydrogen) atoms. The molecule has 0 bridgehead atoms. The summed E-state index contributed by atoms with van der Waals surface area (Å²) in [6.07, 6.45) is 0. The molecule has 0 aliphatic rings. The number of rotatable bonds is 2. The van der Waals surface area contributed by atoms with Crippen LogP contribution in [0.1, 0.15) is 0 Å². The van der Waals surface area contributed by atoms with E-state index in [9.17, 15) is 4.79 Å². The summed E-state index contributed by atoms with van der Waals surface area (Å²) in [6.45, 7) is 6.96. The summed E-state index contributed by atoms with van der Waals surface area (Å²) in [5.74, 6) is 0. The number of hydrogen-bond acceptors (Lipinski definition) is 2. The molecule has 0 saturated carbocycles. The minimum Gasteiger partial charge on any atom is -0.339 e. The Bertz CT molecular complexity index is 368. The van der Waals surface area contributed by atoms with Gasteiger partial charge in [0.2, 0.25) is 0 Å². The highest BCUT2D eigenvalue weighted by Gasteiger charge is 2.16. The summed E-state index contributed by atoms with van der Waals surface area (Å²) in [4.78, 5) is 14.1. The van der Waals surface area contributed by atoms with Crippen molar-refractivity contribution in [3.05, 3.63) is 24.3 Å². The summed E-state index contributed by atoms with van der Waals surface area (Å²) < 4.78 is 0. The third-order valence-electron chi connectivity index (χ3n) is 2.29. The Kier molecular flexibility index (Phi) is 4.21. The molecule has 0 unspecified atom stereocenters. The van der Waals surface area contributed by atoms with Gasteiger partial charge < -0.3 is 4.90 Å². The predicted octanol–water partition coefficient (Wildman–Crippen LogP) is 3.01. The van der Waals surface area contributed by atoms with Crippen molar-refractivity contribution in [3.8, 4) is 0 Å². The van der Waals surface area contributed by atoms with Gasteiger partial charge in [0.05, 0.1) is 8.07 Å². The van der Waals surface area contributed by atoms with E-state index in [1.807, 2.05) is 12.1 Å². The normalized spacial score (nSPS) is 11.3. The zero-order chi connectivity index (χ0) is 12.3. The molecule has 0 fully saturated rings. The molecule has 1 amide bonds. The number of hydrogen-bond donors (Lipinski definition) is 0.